The van der Waals surface area contributed by atoms with Crippen LogP contribution in [0, 0.1) is 0 Å². The van der Waals surface area contributed by atoms with Crippen LogP contribution < -0.4 is 10.1 Å². The van der Waals surface area contributed by atoms with Crippen molar-refractivity contribution in [2.45, 2.75) is 13.0 Å². The van der Waals surface area contributed by atoms with Crippen LogP contribution in [0.15, 0.2) is 79.0 Å². The summed E-state index contributed by atoms with van der Waals surface area (Å²) in [6, 6.07) is 22.1. The molecule has 2 aromatic carbocycles. The monoisotopic (exact) mass is 318 g/mol. The first-order valence-corrected chi connectivity index (χ1v) is 7.77. The molecule has 0 spiro atoms. The zero-order valence-corrected chi connectivity index (χ0v) is 13.3. The number of nitrogens with zero attached hydrogens (tertiary/aromatic N) is 1. The molecular weight excluding hydrogens is 300 g/mol. The molecule has 24 heavy (non-hydrogen) atoms. The van der Waals surface area contributed by atoms with E-state index in [4.69, 9.17) is 4.74 Å². The lowest BCUT2D eigenvalue weighted by atomic mass is 10.1. The predicted octanol–water partition coefficient (Wildman–Crippen LogP) is 4.36. The molecule has 1 atom stereocenters. The topological polar surface area (TPSA) is 51.2 Å². The Bertz CT molecular complexity index is 787. The van der Waals surface area contributed by atoms with Crippen LogP contribution in [0.3, 0.4) is 0 Å². The van der Waals surface area contributed by atoms with Gasteiger partial charge in [-0.2, -0.15) is 0 Å². The zero-order chi connectivity index (χ0) is 16.8. The van der Waals surface area contributed by atoms with Crippen molar-refractivity contribution in [2.24, 2.45) is 0 Å². The van der Waals surface area contributed by atoms with Gasteiger partial charge in [0.1, 0.15) is 11.5 Å². The molecule has 120 valence electrons. The number of carbonyl (C=O) groups is 1. The Morgan fingerprint density at radius 3 is 2.25 bits per heavy atom. The number of hydrogen-bond donors (Lipinski definition) is 1. The van der Waals surface area contributed by atoms with Crippen molar-refractivity contribution in [3.63, 3.8) is 0 Å². The molecule has 0 aliphatic carbocycles. The van der Waals surface area contributed by atoms with Crippen LogP contribution >= 0.6 is 0 Å². The third-order valence-electron chi connectivity index (χ3n) is 3.57. The van der Waals surface area contributed by atoms with Gasteiger partial charge in [0.25, 0.3) is 5.91 Å². The van der Waals surface area contributed by atoms with E-state index in [1.54, 1.807) is 30.5 Å². The average molecular weight is 318 g/mol. The highest BCUT2D eigenvalue weighted by atomic mass is 16.5. The number of carbonyl (C=O) groups excluding carboxylic acids is 1. The summed E-state index contributed by atoms with van der Waals surface area (Å²) < 4.78 is 5.72. The van der Waals surface area contributed by atoms with Gasteiger partial charge in [-0.25, -0.2) is 0 Å². The Kier molecular flexibility index (Phi) is 4.87. The lowest BCUT2D eigenvalue weighted by Gasteiger charge is -2.13. The molecule has 1 heterocycles. The summed E-state index contributed by atoms with van der Waals surface area (Å²) in [6.45, 7) is 1.91. The first kappa shape index (κ1) is 15.7. The first-order valence-electron chi connectivity index (χ1n) is 7.77. The number of para-hydroxylation sites is 1. The molecule has 0 bridgehead atoms. The minimum atomic E-state index is -0.154. The smallest absolute Gasteiger partial charge is 0.251 e. The van der Waals surface area contributed by atoms with E-state index in [1.165, 1.54) is 0 Å². The van der Waals surface area contributed by atoms with Crippen molar-refractivity contribution in [2.75, 3.05) is 0 Å². The Balaban J connectivity index is 1.63. The molecular formula is C20H18N2O2. The summed E-state index contributed by atoms with van der Waals surface area (Å²) >= 11 is 0. The van der Waals surface area contributed by atoms with Gasteiger partial charge in [0.15, 0.2) is 0 Å². The number of amides is 1. The van der Waals surface area contributed by atoms with Crippen LogP contribution in [0.2, 0.25) is 0 Å². The van der Waals surface area contributed by atoms with Crippen LogP contribution in [-0.4, -0.2) is 10.9 Å². The average Bonchev–Trinajstić information content (AvgIpc) is 2.64. The van der Waals surface area contributed by atoms with Crippen molar-refractivity contribution in [3.8, 4) is 11.5 Å². The van der Waals surface area contributed by atoms with E-state index in [0.717, 1.165) is 11.4 Å². The number of benzene rings is 2. The summed E-state index contributed by atoms with van der Waals surface area (Å²) in [5.41, 5.74) is 1.41. The second kappa shape index (κ2) is 7.42. The lowest BCUT2D eigenvalue weighted by Crippen LogP contribution is -2.27. The summed E-state index contributed by atoms with van der Waals surface area (Å²) in [7, 11) is 0. The van der Waals surface area contributed by atoms with Crippen LogP contribution in [0.25, 0.3) is 0 Å². The molecule has 4 heteroatoms. The van der Waals surface area contributed by atoms with Gasteiger partial charge < -0.3 is 10.1 Å². The molecule has 0 aliphatic heterocycles. The van der Waals surface area contributed by atoms with Crippen LogP contribution in [0.4, 0.5) is 0 Å². The maximum absolute atomic E-state index is 12.3. The van der Waals surface area contributed by atoms with Gasteiger partial charge in [-0.15, -0.1) is 0 Å². The van der Waals surface area contributed by atoms with Crippen LogP contribution in [-0.2, 0) is 0 Å². The molecule has 3 rings (SSSR count). The van der Waals surface area contributed by atoms with E-state index in [1.807, 2.05) is 55.5 Å². The van der Waals surface area contributed by atoms with Gasteiger partial charge in [-0.3, -0.25) is 9.78 Å². The molecule has 0 radical (unpaired) electrons. The number of pyridine rings is 1. The fourth-order valence-electron chi connectivity index (χ4n) is 2.28. The van der Waals surface area contributed by atoms with Crippen molar-refractivity contribution in [1.29, 1.82) is 0 Å². The van der Waals surface area contributed by atoms with Gasteiger partial charge in [0.05, 0.1) is 11.7 Å². The third-order valence-corrected chi connectivity index (χ3v) is 3.57. The molecule has 0 aliphatic rings. The highest BCUT2D eigenvalue weighted by Gasteiger charge is 2.12. The van der Waals surface area contributed by atoms with E-state index < -0.39 is 0 Å². The SMILES string of the molecule is CC(NC(=O)c1ccc(Oc2ccccc2)cc1)c1ccccn1. The minimum Gasteiger partial charge on any atom is -0.457 e. The Hall–Kier alpha value is -3.14. The van der Waals surface area contributed by atoms with E-state index >= 15 is 0 Å². The number of ether oxygens (including phenoxy) is 1. The van der Waals surface area contributed by atoms with Crippen molar-refractivity contribution in [1.82, 2.24) is 10.3 Å². The van der Waals surface area contributed by atoms with Crippen LogP contribution in [0.1, 0.15) is 29.0 Å². The van der Waals surface area contributed by atoms with E-state index in [-0.39, 0.29) is 11.9 Å². The number of rotatable bonds is 5. The second-order valence-electron chi connectivity index (χ2n) is 5.39. The molecule has 3 aromatic rings. The number of hydrogen-bond acceptors (Lipinski definition) is 3. The van der Waals surface area contributed by atoms with Gasteiger partial charge in [0, 0.05) is 11.8 Å². The van der Waals surface area contributed by atoms with Gasteiger partial charge in [-0.05, 0) is 55.5 Å². The largest absolute Gasteiger partial charge is 0.457 e. The predicted molar refractivity (Wildman–Crippen MR) is 93.1 cm³/mol. The maximum Gasteiger partial charge on any atom is 0.251 e. The standard InChI is InChI=1S/C20H18N2O2/c1-15(19-9-5-6-14-21-19)22-20(23)16-10-12-18(13-11-16)24-17-7-3-2-4-8-17/h2-15H,1H3,(H,22,23). The first-order chi connectivity index (χ1) is 11.7. The lowest BCUT2D eigenvalue weighted by molar-refractivity contribution is 0.0939. The fourth-order valence-corrected chi connectivity index (χ4v) is 2.28. The summed E-state index contributed by atoms with van der Waals surface area (Å²) in [5, 5.41) is 2.94. The number of nitrogens with one attached hydrogen (secondary N) is 1. The van der Waals surface area contributed by atoms with Gasteiger partial charge in [0.2, 0.25) is 0 Å². The number of aromatic nitrogens is 1. The Morgan fingerprint density at radius 1 is 0.917 bits per heavy atom. The molecule has 0 saturated heterocycles. The summed E-state index contributed by atoms with van der Waals surface area (Å²) in [4.78, 5) is 16.6. The van der Waals surface area contributed by atoms with Gasteiger partial charge in [-0.1, -0.05) is 24.3 Å². The highest BCUT2D eigenvalue weighted by Crippen LogP contribution is 2.21. The maximum atomic E-state index is 12.3. The Morgan fingerprint density at radius 2 is 1.58 bits per heavy atom. The minimum absolute atomic E-state index is 0.139. The molecule has 0 saturated carbocycles. The van der Waals surface area contributed by atoms with Crippen molar-refractivity contribution in [3.05, 3.63) is 90.3 Å². The quantitative estimate of drug-likeness (QED) is 0.760. The summed E-state index contributed by atoms with van der Waals surface area (Å²) in [6.07, 6.45) is 1.72. The molecule has 1 aromatic heterocycles. The second-order valence-corrected chi connectivity index (χ2v) is 5.39. The molecule has 0 fully saturated rings. The van der Waals surface area contributed by atoms with Crippen molar-refractivity contribution < 1.29 is 9.53 Å². The third kappa shape index (κ3) is 3.98. The molecule has 1 amide bonds. The van der Waals surface area contributed by atoms with Crippen LogP contribution in [0.5, 0.6) is 11.5 Å². The summed E-state index contributed by atoms with van der Waals surface area (Å²) in [5.74, 6) is 1.31. The molecule has 4 nitrogen and oxygen atoms in total. The normalized spacial score (nSPS) is 11.5. The fraction of sp³-hybridized carbons (Fsp3) is 0.100. The molecule has 1 N–H and O–H groups in total. The van der Waals surface area contributed by atoms with Crippen molar-refractivity contribution >= 4 is 5.91 Å². The van der Waals surface area contributed by atoms with E-state index in [2.05, 4.69) is 10.3 Å². The van der Waals surface area contributed by atoms with E-state index in [0.29, 0.717) is 11.3 Å². The van der Waals surface area contributed by atoms with Gasteiger partial charge >= 0.3 is 0 Å². The Labute approximate surface area is 141 Å². The highest BCUT2D eigenvalue weighted by molar-refractivity contribution is 5.94. The molecule has 1 unspecified atom stereocenters. The zero-order valence-electron chi connectivity index (χ0n) is 13.3. The van der Waals surface area contributed by atoms with E-state index in [9.17, 15) is 4.79 Å².